The third-order valence-electron chi connectivity index (χ3n) is 5.00. The van der Waals surface area contributed by atoms with Gasteiger partial charge in [-0.25, -0.2) is 0 Å². The van der Waals surface area contributed by atoms with Crippen LogP contribution in [0.2, 0.25) is 0 Å². The van der Waals surface area contributed by atoms with E-state index in [0.29, 0.717) is 30.5 Å². The first kappa shape index (κ1) is 26.6. The largest absolute Gasteiger partial charge is 0.493 e. The van der Waals surface area contributed by atoms with Crippen molar-refractivity contribution in [2.24, 2.45) is 10.9 Å². The molecule has 6 nitrogen and oxygen atoms in total. The molecule has 0 saturated carbocycles. The molecule has 2 N–H and O–H groups in total. The Hall–Kier alpha value is -1.43. The molecule has 0 bridgehead atoms. The van der Waals surface area contributed by atoms with E-state index in [1.807, 2.05) is 0 Å². The van der Waals surface area contributed by atoms with Crippen LogP contribution in [0.5, 0.6) is 11.5 Å². The van der Waals surface area contributed by atoms with Crippen LogP contribution >= 0.6 is 24.0 Å². The average Bonchev–Trinajstić information content (AvgIpc) is 3.03. The highest BCUT2D eigenvalue weighted by atomic mass is 127. The molecule has 172 valence electrons. The van der Waals surface area contributed by atoms with E-state index in [-0.39, 0.29) is 35.5 Å². The molecule has 0 radical (unpaired) electrons. The summed E-state index contributed by atoms with van der Waals surface area (Å²) in [6.07, 6.45) is -4.40. The van der Waals surface area contributed by atoms with Gasteiger partial charge in [-0.3, -0.25) is 9.89 Å². The molecule has 2 unspecified atom stereocenters. The van der Waals surface area contributed by atoms with Crippen LogP contribution in [0.3, 0.4) is 0 Å². The Morgan fingerprint density at radius 3 is 2.50 bits per heavy atom. The summed E-state index contributed by atoms with van der Waals surface area (Å²) < 4.78 is 47.1. The van der Waals surface area contributed by atoms with Crippen molar-refractivity contribution in [1.82, 2.24) is 15.5 Å². The summed E-state index contributed by atoms with van der Waals surface area (Å²) in [5.41, 5.74) is 0.840. The minimum Gasteiger partial charge on any atom is -0.493 e. The van der Waals surface area contributed by atoms with Gasteiger partial charge in [0.05, 0.1) is 7.11 Å². The first-order valence-corrected chi connectivity index (χ1v) is 9.70. The zero-order valence-electron chi connectivity index (χ0n) is 18.0. The number of hydrogen-bond acceptors (Lipinski definition) is 4. The molecule has 1 saturated heterocycles. The fourth-order valence-corrected chi connectivity index (χ4v) is 3.27. The Bertz CT molecular complexity index is 701. The fourth-order valence-electron chi connectivity index (χ4n) is 3.27. The van der Waals surface area contributed by atoms with Crippen molar-refractivity contribution in [1.29, 1.82) is 0 Å². The smallest absolute Gasteiger partial charge is 0.422 e. The van der Waals surface area contributed by atoms with Crippen molar-refractivity contribution in [2.45, 2.75) is 45.6 Å². The minimum absolute atomic E-state index is 0. The second-order valence-electron chi connectivity index (χ2n) is 7.59. The number of hydrogen-bond donors (Lipinski definition) is 2. The molecule has 1 aromatic carbocycles. The molecule has 30 heavy (non-hydrogen) atoms. The Morgan fingerprint density at radius 2 is 1.97 bits per heavy atom. The molecular weight excluding hydrogens is 512 g/mol. The van der Waals surface area contributed by atoms with E-state index >= 15 is 0 Å². The maximum absolute atomic E-state index is 12.4. The molecule has 0 aliphatic carbocycles. The molecule has 2 rings (SSSR count). The van der Waals surface area contributed by atoms with Crippen LogP contribution in [-0.4, -0.2) is 63.0 Å². The molecule has 2 atom stereocenters. The van der Waals surface area contributed by atoms with Gasteiger partial charge in [-0.1, -0.05) is 13.0 Å². The van der Waals surface area contributed by atoms with Crippen LogP contribution in [0.25, 0.3) is 0 Å². The standard InChI is InChI=1S/C20H31F3N4O2.HI/c1-13(2)27-10-14(3)16(11-27)26-19(24-4)25-9-15-6-7-17(18(8-15)28-5)29-12-20(21,22)23;/h6-8,13-14,16H,9-12H2,1-5H3,(H2,24,25,26);1H. The van der Waals surface area contributed by atoms with Crippen molar-refractivity contribution < 1.29 is 22.6 Å². The van der Waals surface area contributed by atoms with Crippen molar-refractivity contribution in [3.05, 3.63) is 23.8 Å². The van der Waals surface area contributed by atoms with Crippen molar-refractivity contribution >= 4 is 29.9 Å². The first-order chi connectivity index (χ1) is 13.6. The molecule has 1 heterocycles. The number of methoxy groups -OCH3 is 1. The molecular formula is C20H32F3IN4O2. The van der Waals surface area contributed by atoms with Gasteiger partial charge in [0.15, 0.2) is 24.1 Å². The number of aliphatic imine (C=N–C) groups is 1. The van der Waals surface area contributed by atoms with Gasteiger partial charge in [0, 0.05) is 38.8 Å². The Kier molecular flexibility index (Phi) is 10.5. The van der Waals surface area contributed by atoms with Crippen LogP contribution < -0.4 is 20.1 Å². The summed E-state index contributed by atoms with van der Waals surface area (Å²) in [5, 5.41) is 6.71. The lowest BCUT2D eigenvalue weighted by Gasteiger charge is -2.22. The van der Waals surface area contributed by atoms with Gasteiger partial charge in [-0.2, -0.15) is 13.2 Å². The van der Waals surface area contributed by atoms with Crippen molar-refractivity contribution in [3.8, 4) is 11.5 Å². The summed E-state index contributed by atoms with van der Waals surface area (Å²) in [4.78, 5) is 6.71. The van der Waals surface area contributed by atoms with Gasteiger partial charge in [0.2, 0.25) is 0 Å². The van der Waals surface area contributed by atoms with Gasteiger partial charge >= 0.3 is 6.18 Å². The zero-order valence-corrected chi connectivity index (χ0v) is 20.4. The molecule has 1 fully saturated rings. The number of ether oxygens (including phenoxy) is 2. The monoisotopic (exact) mass is 544 g/mol. The van der Waals surface area contributed by atoms with Gasteiger partial charge in [0.1, 0.15) is 0 Å². The third-order valence-corrected chi connectivity index (χ3v) is 5.00. The van der Waals surface area contributed by atoms with Gasteiger partial charge < -0.3 is 20.1 Å². The molecule has 0 spiro atoms. The maximum Gasteiger partial charge on any atom is 0.422 e. The Morgan fingerprint density at radius 1 is 1.27 bits per heavy atom. The summed E-state index contributed by atoms with van der Waals surface area (Å²) >= 11 is 0. The summed E-state index contributed by atoms with van der Waals surface area (Å²) in [5.74, 6) is 1.50. The Balaban J connectivity index is 0.00000450. The number of guanidine groups is 1. The van der Waals surface area contributed by atoms with E-state index in [2.05, 4.69) is 41.3 Å². The minimum atomic E-state index is -4.40. The van der Waals surface area contributed by atoms with Gasteiger partial charge in [0.25, 0.3) is 0 Å². The highest BCUT2D eigenvalue weighted by molar-refractivity contribution is 14.0. The SMILES string of the molecule is CN=C(NCc1ccc(OCC(F)(F)F)c(OC)c1)NC1CN(C(C)C)CC1C.I. The van der Waals surface area contributed by atoms with Gasteiger partial charge in [-0.05, 0) is 37.5 Å². The lowest BCUT2D eigenvalue weighted by molar-refractivity contribution is -0.153. The van der Waals surface area contributed by atoms with E-state index < -0.39 is 12.8 Å². The number of nitrogens with zero attached hydrogens (tertiary/aromatic N) is 2. The number of likely N-dealkylation sites (tertiary alicyclic amines) is 1. The normalized spacial score (nSPS) is 20.1. The van der Waals surface area contributed by atoms with E-state index in [4.69, 9.17) is 9.47 Å². The number of benzene rings is 1. The van der Waals surface area contributed by atoms with E-state index in [1.165, 1.54) is 13.2 Å². The van der Waals surface area contributed by atoms with E-state index in [9.17, 15) is 13.2 Å². The van der Waals surface area contributed by atoms with Crippen molar-refractivity contribution in [3.63, 3.8) is 0 Å². The number of nitrogens with one attached hydrogen (secondary N) is 2. The second-order valence-corrected chi connectivity index (χ2v) is 7.59. The molecule has 10 heteroatoms. The highest BCUT2D eigenvalue weighted by Crippen LogP contribution is 2.29. The van der Waals surface area contributed by atoms with Crippen LogP contribution in [-0.2, 0) is 6.54 Å². The van der Waals surface area contributed by atoms with Crippen LogP contribution in [0.1, 0.15) is 26.3 Å². The summed E-state index contributed by atoms with van der Waals surface area (Å²) in [6, 6.07) is 5.65. The predicted octanol–water partition coefficient (Wildman–Crippen LogP) is 3.65. The first-order valence-electron chi connectivity index (χ1n) is 9.70. The molecule has 1 aliphatic rings. The van der Waals surface area contributed by atoms with Crippen molar-refractivity contribution in [2.75, 3.05) is 33.9 Å². The number of alkyl halides is 3. The number of halogens is 4. The number of rotatable bonds is 7. The van der Waals surface area contributed by atoms with Crippen LogP contribution in [0.4, 0.5) is 13.2 Å². The summed E-state index contributed by atoms with van der Waals surface area (Å²) in [7, 11) is 3.11. The highest BCUT2D eigenvalue weighted by Gasteiger charge is 2.31. The lowest BCUT2D eigenvalue weighted by atomic mass is 10.1. The average molecular weight is 544 g/mol. The van der Waals surface area contributed by atoms with Gasteiger partial charge in [-0.15, -0.1) is 24.0 Å². The Labute approximate surface area is 193 Å². The molecule has 0 aromatic heterocycles. The summed E-state index contributed by atoms with van der Waals surface area (Å²) in [6.45, 7) is 7.70. The fraction of sp³-hybridized carbons (Fsp3) is 0.650. The maximum atomic E-state index is 12.4. The van der Waals surface area contributed by atoms with E-state index in [0.717, 1.165) is 18.7 Å². The third kappa shape index (κ3) is 8.01. The van der Waals surface area contributed by atoms with Crippen LogP contribution in [0, 0.1) is 5.92 Å². The quantitative estimate of drug-likeness (QED) is 0.312. The second kappa shape index (κ2) is 11.8. The molecule has 1 aromatic rings. The molecule has 1 aliphatic heterocycles. The van der Waals surface area contributed by atoms with Crippen LogP contribution in [0.15, 0.2) is 23.2 Å². The molecule has 0 amide bonds. The lowest BCUT2D eigenvalue weighted by Crippen LogP contribution is -2.46. The topological polar surface area (TPSA) is 58.1 Å². The zero-order chi connectivity index (χ0) is 21.6. The predicted molar refractivity (Wildman–Crippen MR) is 123 cm³/mol. The van der Waals surface area contributed by atoms with E-state index in [1.54, 1.807) is 19.2 Å².